The minimum atomic E-state index is -1.19. The summed E-state index contributed by atoms with van der Waals surface area (Å²) >= 11 is 4.74. The Kier molecular flexibility index (Phi) is 8.93. The van der Waals surface area contributed by atoms with Gasteiger partial charge < -0.3 is 25.4 Å². The standard InChI is InChI=1S/C9H14N4O5.2HI.V/c1-17-2-4-5(14)6(15)9(18-4)13-3-11-8(12-13)7(10)16;;;/h3-6,9,14-15H,2H2,1H3,(H2,10,16);2*1H;/q;;;+2/p-2/t4-,5?,6?,9-;;;/m1.../s1. The summed E-state index contributed by atoms with van der Waals surface area (Å²) < 4.78 is 11.4. The first kappa shape index (κ1) is 19.5. The Morgan fingerprint density at radius 3 is 2.67 bits per heavy atom. The number of nitrogens with two attached hydrogens (primary N) is 1. The third-order valence-corrected chi connectivity index (χ3v) is 2.66. The van der Waals surface area contributed by atoms with Crippen LogP contribution < -0.4 is 5.73 Å². The number of halogens is 2. The van der Waals surface area contributed by atoms with Gasteiger partial charge in [-0.25, -0.2) is 9.67 Å². The molecule has 0 bridgehead atoms. The predicted octanol–water partition coefficient (Wildman–Crippen LogP) is -0.588. The average Bonchev–Trinajstić information content (AvgIpc) is 3.01. The zero-order valence-electron chi connectivity index (χ0n) is 10.8. The molecule has 0 radical (unpaired) electrons. The van der Waals surface area contributed by atoms with Crippen LogP contribution in [0.5, 0.6) is 0 Å². The fourth-order valence-corrected chi connectivity index (χ4v) is 1.76. The van der Waals surface area contributed by atoms with E-state index in [2.05, 4.69) is 50.0 Å². The van der Waals surface area contributed by atoms with Gasteiger partial charge in [-0.2, -0.15) is 0 Å². The van der Waals surface area contributed by atoms with Crippen molar-refractivity contribution in [2.24, 2.45) is 5.73 Å². The molecule has 0 aromatic carbocycles. The number of aliphatic hydroxyl groups is 2. The van der Waals surface area contributed by atoms with Gasteiger partial charge in [-0.15, -0.1) is 5.10 Å². The van der Waals surface area contributed by atoms with Crippen molar-refractivity contribution in [2.45, 2.75) is 24.5 Å². The van der Waals surface area contributed by atoms with E-state index < -0.39 is 30.4 Å². The fraction of sp³-hybridized carbons (Fsp3) is 0.667. The second kappa shape index (κ2) is 9.59. The van der Waals surface area contributed by atoms with Gasteiger partial charge in [-0.1, -0.05) is 0 Å². The zero-order chi connectivity index (χ0) is 16.0. The van der Waals surface area contributed by atoms with E-state index in [4.69, 9.17) is 15.2 Å². The summed E-state index contributed by atoms with van der Waals surface area (Å²) in [6.45, 7) is 0.131. The van der Waals surface area contributed by atoms with Crippen molar-refractivity contribution in [1.29, 1.82) is 0 Å². The SMILES string of the molecule is COC[C@H]1O[C@@H](n2cnc(C(N)=O)n2)C(O)C1O.[I][V][I]. The van der Waals surface area contributed by atoms with Crippen molar-refractivity contribution in [3.63, 3.8) is 0 Å². The number of aliphatic hydroxyl groups excluding tert-OH is 2. The molecule has 1 aliphatic rings. The van der Waals surface area contributed by atoms with Crippen LogP contribution in [0.3, 0.4) is 0 Å². The van der Waals surface area contributed by atoms with Crippen LogP contribution in [-0.4, -0.2) is 62.9 Å². The van der Waals surface area contributed by atoms with Crippen LogP contribution in [-0.2, 0) is 18.9 Å². The van der Waals surface area contributed by atoms with Crippen LogP contribution in [0.25, 0.3) is 0 Å². The maximum atomic E-state index is 10.9. The van der Waals surface area contributed by atoms with E-state index in [1.807, 2.05) is 0 Å². The summed E-state index contributed by atoms with van der Waals surface area (Å²) in [5, 5.41) is 23.3. The van der Waals surface area contributed by atoms with Gasteiger partial charge in [0.2, 0.25) is 5.82 Å². The van der Waals surface area contributed by atoms with Crippen LogP contribution in [0.4, 0.5) is 0 Å². The molecule has 2 rings (SSSR count). The molecule has 1 fully saturated rings. The van der Waals surface area contributed by atoms with Crippen molar-refractivity contribution < 1.29 is 33.9 Å². The van der Waals surface area contributed by atoms with Crippen LogP contribution in [0.2, 0.25) is 0 Å². The Balaban J connectivity index is 0.000000677. The first-order valence-corrected chi connectivity index (χ1v) is 14.6. The molecule has 1 amide bonds. The first-order valence-electron chi connectivity index (χ1n) is 5.60. The Hall–Kier alpha value is 0.494. The van der Waals surface area contributed by atoms with Gasteiger partial charge in [0.25, 0.3) is 5.91 Å². The number of aromatic nitrogens is 3. The number of amides is 1. The second-order valence-electron chi connectivity index (χ2n) is 3.98. The van der Waals surface area contributed by atoms with Crippen LogP contribution in [0, 0.1) is 0 Å². The Morgan fingerprint density at radius 1 is 1.57 bits per heavy atom. The minimum absolute atomic E-state index is 0.131. The van der Waals surface area contributed by atoms with Crippen molar-refractivity contribution in [1.82, 2.24) is 14.8 Å². The molecule has 0 spiro atoms. The average molecular weight is 563 g/mol. The number of hydrogen-bond donors (Lipinski definition) is 3. The van der Waals surface area contributed by atoms with E-state index >= 15 is 0 Å². The number of carbonyl (C=O) groups is 1. The number of hydrogen-bond acceptors (Lipinski definition) is 7. The zero-order valence-corrected chi connectivity index (χ0v) is 16.5. The molecule has 1 aromatic rings. The molecule has 0 aliphatic carbocycles. The summed E-state index contributed by atoms with van der Waals surface area (Å²) in [6.07, 6.45) is -2.68. The van der Waals surface area contributed by atoms with Gasteiger partial charge in [0.1, 0.15) is 24.6 Å². The monoisotopic (exact) mass is 563 g/mol. The van der Waals surface area contributed by atoms with E-state index in [9.17, 15) is 15.0 Å². The van der Waals surface area contributed by atoms with E-state index in [-0.39, 0.29) is 12.4 Å². The molecule has 1 aliphatic heterocycles. The summed E-state index contributed by atoms with van der Waals surface area (Å²) in [4.78, 5) is 14.5. The second-order valence-corrected chi connectivity index (χ2v) is 15.8. The molecule has 9 nitrogen and oxygen atoms in total. The van der Waals surface area contributed by atoms with Gasteiger partial charge in [0, 0.05) is 7.11 Å². The van der Waals surface area contributed by atoms with Crippen LogP contribution >= 0.6 is 40.0 Å². The topological polar surface area (TPSA) is 133 Å². The molecule has 1 saturated heterocycles. The van der Waals surface area contributed by atoms with E-state index in [1.165, 1.54) is 13.4 Å². The Morgan fingerprint density at radius 2 is 2.19 bits per heavy atom. The summed E-state index contributed by atoms with van der Waals surface area (Å²) in [5.41, 5.74) is 5.01. The molecule has 4 atom stereocenters. The van der Waals surface area contributed by atoms with Crippen LogP contribution in [0.1, 0.15) is 16.8 Å². The molecule has 119 valence electrons. The summed E-state index contributed by atoms with van der Waals surface area (Å²) in [7, 11) is 2.08. The van der Waals surface area contributed by atoms with Gasteiger partial charge in [0.15, 0.2) is 6.23 Å². The van der Waals surface area contributed by atoms with Crippen molar-refractivity contribution >= 4 is 45.9 Å². The third kappa shape index (κ3) is 5.26. The van der Waals surface area contributed by atoms with E-state index in [0.717, 1.165) is 4.68 Å². The molecule has 12 heteroatoms. The number of primary amides is 1. The van der Waals surface area contributed by atoms with Crippen molar-refractivity contribution in [3.8, 4) is 0 Å². The van der Waals surface area contributed by atoms with Crippen LogP contribution in [0.15, 0.2) is 6.33 Å². The molecular weight excluding hydrogens is 549 g/mol. The van der Waals surface area contributed by atoms with Gasteiger partial charge in [-0.05, 0) is 0 Å². The molecule has 21 heavy (non-hydrogen) atoms. The number of nitrogens with zero attached hydrogens (tertiary/aromatic N) is 3. The first-order chi connectivity index (χ1) is 9.96. The molecule has 2 heterocycles. The predicted molar refractivity (Wildman–Crippen MR) is 84.4 cm³/mol. The number of carbonyl (C=O) groups excluding carboxylic acids is 1. The normalized spacial score (nSPS) is 27.9. The van der Waals surface area contributed by atoms with Crippen molar-refractivity contribution in [3.05, 3.63) is 12.2 Å². The molecule has 1 aromatic heterocycles. The molecule has 0 saturated carbocycles. The number of rotatable bonds is 4. The maximum absolute atomic E-state index is 10.9. The Bertz CT molecular complexity index is 465. The fourth-order valence-electron chi connectivity index (χ4n) is 1.76. The third-order valence-electron chi connectivity index (χ3n) is 2.66. The van der Waals surface area contributed by atoms with Gasteiger partial charge >= 0.3 is 49.4 Å². The molecule has 2 unspecified atom stereocenters. The Labute approximate surface area is 149 Å². The number of ether oxygens (including phenoxy) is 2. The van der Waals surface area contributed by atoms with E-state index in [0.29, 0.717) is 9.47 Å². The summed E-state index contributed by atoms with van der Waals surface area (Å²) in [6, 6.07) is 0. The van der Waals surface area contributed by atoms with Gasteiger partial charge in [0.05, 0.1) is 6.61 Å². The van der Waals surface area contributed by atoms with Crippen molar-refractivity contribution in [2.75, 3.05) is 13.7 Å². The quantitative estimate of drug-likeness (QED) is 0.418. The van der Waals surface area contributed by atoms with E-state index in [1.54, 1.807) is 0 Å². The number of methoxy groups -OCH3 is 1. The molecular formula is C9H14I2N4O5V. The van der Waals surface area contributed by atoms with Gasteiger partial charge in [-0.3, -0.25) is 4.79 Å². The summed E-state index contributed by atoms with van der Waals surface area (Å²) in [5.74, 6) is -0.967. The molecule has 4 N–H and O–H groups in total.